The SMILES string of the molecule is CCCCCCCCCCN(OC(C)=O)C(=O)O. The van der Waals surface area contributed by atoms with Crippen LogP contribution in [0.3, 0.4) is 0 Å². The van der Waals surface area contributed by atoms with Gasteiger partial charge in [0.2, 0.25) is 0 Å². The Bertz CT molecular complexity index is 243. The Morgan fingerprint density at radius 3 is 1.94 bits per heavy atom. The van der Waals surface area contributed by atoms with Crippen LogP contribution in [0.2, 0.25) is 0 Å². The van der Waals surface area contributed by atoms with Gasteiger partial charge in [-0.05, 0) is 6.42 Å². The summed E-state index contributed by atoms with van der Waals surface area (Å²) in [5, 5.41) is 9.48. The number of rotatable bonds is 9. The fourth-order valence-electron chi connectivity index (χ4n) is 1.72. The number of amides is 1. The minimum atomic E-state index is -1.21. The van der Waals surface area contributed by atoms with Crippen LogP contribution in [0.5, 0.6) is 0 Å². The van der Waals surface area contributed by atoms with Crippen LogP contribution in [0.4, 0.5) is 4.79 Å². The first-order valence-corrected chi connectivity index (χ1v) is 6.77. The molecular weight excluding hydrogens is 234 g/mol. The molecule has 106 valence electrons. The number of carbonyl (C=O) groups is 2. The lowest BCUT2D eigenvalue weighted by Crippen LogP contribution is -2.32. The lowest BCUT2D eigenvalue weighted by Gasteiger charge is -2.16. The van der Waals surface area contributed by atoms with E-state index in [1.807, 2.05) is 0 Å². The molecule has 5 heteroatoms. The van der Waals surface area contributed by atoms with Crippen molar-refractivity contribution >= 4 is 12.1 Å². The Balaban J connectivity index is 3.49. The lowest BCUT2D eigenvalue weighted by molar-refractivity contribution is -0.177. The van der Waals surface area contributed by atoms with Crippen molar-refractivity contribution in [3.63, 3.8) is 0 Å². The largest absolute Gasteiger partial charge is 0.463 e. The molecule has 0 aromatic carbocycles. The topological polar surface area (TPSA) is 66.8 Å². The predicted octanol–water partition coefficient (Wildman–Crippen LogP) is 3.59. The zero-order chi connectivity index (χ0) is 13.8. The fraction of sp³-hybridized carbons (Fsp3) is 0.846. The molecule has 0 aliphatic rings. The van der Waals surface area contributed by atoms with Gasteiger partial charge in [0, 0.05) is 6.92 Å². The first-order chi connectivity index (χ1) is 8.57. The summed E-state index contributed by atoms with van der Waals surface area (Å²) in [6.45, 7) is 3.64. The summed E-state index contributed by atoms with van der Waals surface area (Å²) in [4.78, 5) is 26.0. The maximum atomic E-state index is 10.7. The number of carboxylic acid groups (broad SMARTS) is 1. The summed E-state index contributed by atoms with van der Waals surface area (Å²) in [5.41, 5.74) is 0. The van der Waals surface area contributed by atoms with Crippen molar-refractivity contribution in [3.05, 3.63) is 0 Å². The van der Waals surface area contributed by atoms with E-state index in [-0.39, 0.29) is 6.54 Å². The highest BCUT2D eigenvalue weighted by atomic mass is 16.7. The molecule has 0 bridgehead atoms. The smallest absolute Gasteiger partial charge is 0.440 e. The van der Waals surface area contributed by atoms with Gasteiger partial charge in [-0.2, -0.15) is 0 Å². The molecule has 0 aromatic rings. The Morgan fingerprint density at radius 2 is 1.50 bits per heavy atom. The highest BCUT2D eigenvalue weighted by molar-refractivity contribution is 5.70. The van der Waals surface area contributed by atoms with Crippen LogP contribution in [0.25, 0.3) is 0 Å². The highest BCUT2D eigenvalue weighted by Crippen LogP contribution is 2.09. The molecule has 0 fully saturated rings. The van der Waals surface area contributed by atoms with Crippen molar-refractivity contribution < 1.29 is 19.5 Å². The second kappa shape index (κ2) is 10.9. The number of unbranched alkanes of at least 4 members (excludes halogenated alkanes) is 7. The van der Waals surface area contributed by atoms with E-state index in [1.165, 1.54) is 39.0 Å². The molecule has 5 nitrogen and oxygen atoms in total. The average Bonchev–Trinajstić information content (AvgIpc) is 2.30. The summed E-state index contributed by atoms with van der Waals surface area (Å²) in [5.74, 6) is -0.600. The standard InChI is InChI=1S/C13H25NO4/c1-3-4-5-6-7-8-9-10-11-14(13(16)17)18-12(2)15/h3-11H2,1-2H3,(H,16,17). The monoisotopic (exact) mass is 259 g/mol. The van der Waals surface area contributed by atoms with Gasteiger partial charge in [-0.3, -0.25) is 4.79 Å². The van der Waals surface area contributed by atoms with Gasteiger partial charge < -0.3 is 9.94 Å². The Kier molecular flexibility index (Phi) is 10.1. The molecule has 1 N–H and O–H groups in total. The predicted molar refractivity (Wildman–Crippen MR) is 69.1 cm³/mol. The summed E-state index contributed by atoms with van der Waals surface area (Å²) < 4.78 is 0. The Labute approximate surface area is 109 Å². The van der Waals surface area contributed by atoms with E-state index in [1.54, 1.807) is 0 Å². The first kappa shape index (κ1) is 16.7. The molecule has 18 heavy (non-hydrogen) atoms. The molecule has 0 radical (unpaired) electrons. The number of carbonyl (C=O) groups excluding carboxylic acids is 1. The van der Waals surface area contributed by atoms with Crippen molar-refractivity contribution in [2.45, 2.75) is 65.2 Å². The fourth-order valence-corrected chi connectivity index (χ4v) is 1.72. The molecule has 0 aliphatic carbocycles. The van der Waals surface area contributed by atoms with Gasteiger partial charge in [0.15, 0.2) is 0 Å². The van der Waals surface area contributed by atoms with E-state index in [0.717, 1.165) is 19.3 Å². The van der Waals surface area contributed by atoms with E-state index in [9.17, 15) is 9.59 Å². The molecule has 0 atom stereocenters. The lowest BCUT2D eigenvalue weighted by atomic mass is 10.1. The zero-order valence-electron chi connectivity index (χ0n) is 11.5. The maximum Gasteiger partial charge on any atom is 0.440 e. The third-order valence-corrected chi connectivity index (χ3v) is 2.67. The Morgan fingerprint density at radius 1 is 1.00 bits per heavy atom. The van der Waals surface area contributed by atoms with Crippen LogP contribution in [0, 0.1) is 0 Å². The molecule has 1 amide bonds. The van der Waals surface area contributed by atoms with Crippen LogP contribution in [0.15, 0.2) is 0 Å². The van der Waals surface area contributed by atoms with E-state index in [4.69, 9.17) is 5.11 Å². The quantitative estimate of drug-likeness (QED) is 0.507. The summed E-state index contributed by atoms with van der Waals surface area (Å²) in [6, 6.07) is 0. The van der Waals surface area contributed by atoms with Gasteiger partial charge >= 0.3 is 12.1 Å². The molecule has 0 aromatic heterocycles. The number of nitrogens with zero attached hydrogens (tertiary/aromatic N) is 1. The van der Waals surface area contributed by atoms with Gasteiger partial charge in [-0.25, -0.2) is 4.79 Å². The van der Waals surface area contributed by atoms with E-state index >= 15 is 0 Å². The number of hydroxylamine groups is 2. The minimum Gasteiger partial charge on any atom is -0.463 e. The van der Waals surface area contributed by atoms with Crippen molar-refractivity contribution in [1.29, 1.82) is 0 Å². The summed E-state index contributed by atoms with van der Waals surface area (Å²) >= 11 is 0. The van der Waals surface area contributed by atoms with Crippen molar-refractivity contribution in [3.8, 4) is 0 Å². The van der Waals surface area contributed by atoms with Crippen LogP contribution < -0.4 is 0 Å². The maximum absolute atomic E-state index is 10.7. The van der Waals surface area contributed by atoms with Crippen LogP contribution in [0.1, 0.15) is 65.2 Å². The van der Waals surface area contributed by atoms with Gasteiger partial charge in [-0.1, -0.05) is 51.9 Å². The second-order valence-corrected chi connectivity index (χ2v) is 4.44. The molecule has 0 saturated carbocycles. The number of hydrogen-bond acceptors (Lipinski definition) is 3. The van der Waals surface area contributed by atoms with Crippen LogP contribution >= 0.6 is 0 Å². The minimum absolute atomic E-state index is 0.254. The molecule has 0 aliphatic heterocycles. The average molecular weight is 259 g/mol. The normalized spacial score (nSPS) is 10.1. The first-order valence-electron chi connectivity index (χ1n) is 6.77. The molecular formula is C13H25NO4. The summed E-state index contributed by atoms with van der Waals surface area (Å²) in [7, 11) is 0. The third-order valence-electron chi connectivity index (χ3n) is 2.67. The van der Waals surface area contributed by atoms with Crippen LogP contribution in [-0.4, -0.2) is 28.8 Å². The Hall–Kier alpha value is -1.26. The molecule has 0 saturated heterocycles. The van der Waals surface area contributed by atoms with E-state index in [2.05, 4.69) is 11.8 Å². The van der Waals surface area contributed by atoms with Gasteiger partial charge in [0.1, 0.15) is 0 Å². The van der Waals surface area contributed by atoms with Crippen LogP contribution in [-0.2, 0) is 9.63 Å². The van der Waals surface area contributed by atoms with E-state index < -0.39 is 12.1 Å². The second-order valence-electron chi connectivity index (χ2n) is 4.44. The highest BCUT2D eigenvalue weighted by Gasteiger charge is 2.14. The third kappa shape index (κ3) is 9.93. The zero-order valence-corrected chi connectivity index (χ0v) is 11.5. The molecule has 0 spiro atoms. The van der Waals surface area contributed by atoms with Crippen molar-refractivity contribution in [2.24, 2.45) is 0 Å². The van der Waals surface area contributed by atoms with Crippen molar-refractivity contribution in [2.75, 3.05) is 6.54 Å². The van der Waals surface area contributed by atoms with Crippen molar-refractivity contribution in [1.82, 2.24) is 5.06 Å². The van der Waals surface area contributed by atoms with Gasteiger partial charge in [0.05, 0.1) is 6.54 Å². The molecule has 0 heterocycles. The molecule has 0 unspecified atom stereocenters. The molecule has 0 rings (SSSR count). The van der Waals surface area contributed by atoms with Gasteiger partial charge in [0.25, 0.3) is 0 Å². The van der Waals surface area contributed by atoms with E-state index in [0.29, 0.717) is 5.06 Å². The number of hydrogen-bond donors (Lipinski definition) is 1. The van der Waals surface area contributed by atoms with Gasteiger partial charge in [-0.15, -0.1) is 5.06 Å². The summed E-state index contributed by atoms with van der Waals surface area (Å²) in [6.07, 6.45) is 7.86.